The van der Waals surface area contributed by atoms with E-state index in [1.165, 1.54) is 0 Å². The number of hydrogen-bond acceptors (Lipinski definition) is 3. The summed E-state index contributed by atoms with van der Waals surface area (Å²) in [6.07, 6.45) is 0. The smallest absolute Gasteiger partial charge is 0.343 e. The van der Waals surface area contributed by atoms with E-state index in [0.717, 1.165) is 22.3 Å². The average molecular weight is 230 g/mol. The molecule has 0 amide bonds. The van der Waals surface area contributed by atoms with Gasteiger partial charge in [-0.1, -0.05) is 24.3 Å². The maximum absolute atomic E-state index is 11.5. The molecule has 16 heavy (non-hydrogen) atoms. The molecule has 3 nitrogen and oxygen atoms in total. The zero-order valence-electron chi connectivity index (χ0n) is 8.10. The summed E-state index contributed by atoms with van der Waals surface area (Å²) in [4.78, 5) is 0.351. The minimum absolute atomic E-state index is 0.351. The van der Waals surface area contributed by atoms with Gasteiger partial charge in [-0.3, -0.25) is 0 Å². The lowest BCUT2D eigenvalue weighted by atomic mass is 9.80. The van der Waals surface area contributed by atoms with Crippen molar-refractivity contribution in [3.63, 3.8) is 0 Å². The van der Waals surface area contributed by atoms with Gasteiger partial charge in [-0.2, -0.15) is 8.42 Å². The van der Waals surface area contributed by atoms with E-state index in [-0.39, 0.29) is 0 Å². The molecule has 2 aromatic rings. The van der Waals surface area contributed by atoms with Crippen LogP contribution in [0.25, 0.3) is 22.3 Å². The van der Waals surface area contributed by atoms with E-state index in [4.69, 9.17) is 4.18 Å². The molecule has 0 atom stereocenters. The first-order valence-corrected chi connectivity index (χ1v) is 6.30. The lowest BCUT2D eigenvalue weighted by Crippen LogP contribution is -2.24. The molecule has 0 saturated carbocycles. The lowest BCUT2D eigenvalue weighted by Gasteiger charge is -2.31. The largest absolute Gasteiger partial charge is 0.377 e. The molecule has 0 fully saturated rings. The molecule has 1 aliphatic heterocycles. The van der Waals surface area contributed by atoms with Crippen LogP contribution >= 0.6 is 0 Å². The summed E-state index contributed by atoms with van der Waals surface area (Å²) in [5.74, 6) is 0.466. The van der Waals surface area contributed by atoms with E-state index >= 15 is 0 Å². The zero-order chi connectivity index (χ0) is 10.9. The number of rotatable bonds is 0. The summed E-state index contributed by atoms with van der Waals surface area (Å²) in [5.41, 5.74) is 3.93. The number of benzene rings is 2. The van der Waals surface area contributed by atoms with Gasteiger partial charge in [0.2, 0.25) is 0 Å². The van der Waals surface area contributed by atoms with Crippen LogP contribution in [-0.2, 0) is 10.1 Å². The van der Waals surface area contributed by atoms with Crippen molar-refractivity contribution in [3.05, 3.63) is 36.4 Å². The van der Waals surface area contributed by atoms with Crippen molar-refractivity contribution in [2.45, 2.75) is 4.90 Å². The first-order chi connectivity index (χ1) is 7.68. The molecule has 0 aromatic heterocycles. The summed E-state index contributed by atoms with van der Waals surface area (Å²) >= 11 is 0. The van der Waals surface area contributed by atoms with Crippen LogP contribution in [0.4, 0.5) is 0 Å². The van der Waals surface area contributed by atoms with Gasteiger partial charge in [0.25, 0.3) is 0 Å². The maximum Gasteiger partial charge on any atom is 0.343 e. The minimum Gasteiger partial charge on any atom is -0.377 e. The van der Waals surface area contributed by atoms with Crippen LogP contribution in [0.1, 0.15) is 0 Å². The summed E-state index contributed by atoms with van der Waals surface area (Å²) in [6.45, 7) is 0. The molecule has 0 bridgehead atoms. The predicted molar refractivity (Wildman–Crippen MR) is 58.7 cm³/mol. The van der Waals surface area contributed by atoms with Gasteiger partial charge in [0.1, 0.15) is 0 Å². The van der Waals surface area contributed by atoms with Crippen LogP contribution in [-0.4, -0.2) is 8.42 Å². The quantitative estimate of drug-likeness (QED) is 0.557. The van der Waals surface area contributed by atoms with E-state index in [9.17, 15) is 8.42 Å². The highest BCUT2D eigenvalue weighted by molar-refractivity contribution is 7.88. The molecule has 4 heteroatoms. The molecule has 1 aliphatic carbocycles. The van der Waals surface area contributed by atoms with Gasteiger partial charge < -0.3 is 4.18 Å². The van der Waals surface area contributed by atoms with Gasteiger partial charge >= 0.3 is 10.1 Å². The topological polar surface area (TPSA) is 43.4 Å². The molecule has 0 saturated heterocycles. The van der Waals surface area contributed by atoms with Gasteiger partial charge in [-0.15, -0.1) is 0 Å². The highest BCUT2D eigenvalue weighted by atomic mass is 32.2. The Kier molecular flexibility index (Phi) is 1.20. The second-order valence-electron chi connectivity index (χ2n) is 3.90. The second kappa shape index (κ2) is 2.30. The van der Waals surface area contributed by atoms with Crippen molar-refractivity contribution in [1.29, 1.82) is 0 Å². The van der Waals surface area contributed by atoms with Crippen LogP contribution in [0.15, 0.2) is 41.3 Å². The third kappa shape index (κ3) is 0.747. The van der Waals surface area contributed by atoms with Crippen LogP contribution < -0.4 is 4.18 Å². The molecule has 0 spiro atoms. The fourth-order valence-corrected chi connectivity index (χ4v) is 3.54. The second-order valence-corrected chi connectivity index (χ2v) is 5.38. The minimum atomic E-state index is -3.49. The van der Waals surface area contributed by atoms with Crippen LogP contribution in [0, 0.1) is 0 Å². The lowest BCUT2D eigenvalue weighted by molar-refractivity contribution is 0.443. The van der Waals surface area contributed by atoms with E-state index in [1.54, 1.807) is 6.07 Å². The van der Waals surface area contributed by atoms with E-state index < -0.39 is 10.1 Å². The molecular formula is C12H6O3S. The molecule has 1 heterocycles. The van der Waals surface area contributed by atoms with Crippen molar-refractivity contribution in [3.8, 4) is 28.0 Å². The third-order valence-corrected chi connectivity index (χ3v) is 4.36. The molecular weight excluding hydrogens is 224 g/mol. The molecule has 0 N–H and O–H groups in total. The van der Waals surface area contributed by atoms with Gasteiger partial charge in [-0.25, -0.2) is 0 Å². The van der Waals surface area contributed by atoms with Crippen molar-refractivity contribution < 1.29 is 12.6 Å². The predicted octanol–water partition coefficient (Wildman–Crippen LogP) is 2.42. The van der Waals surface area contributed by atoms with Gasteiger partial charge in [0.05, 0.1) is 0 Å². The van der Waals surface area contributed by atoms with Crippen molar-refractivity contribution >= 4 is 10.1 Å². The Hall–Kier alpha value is -1.81. The van der Waals surface area contributed by atoms with E-state index in [2.05, 4.69) is 0 Å². The Labute approximate surface area is 92.4 Å². The van der Waals surface area contributed by atoms with Crippen LogP contribution in [0.3, 0.4) is 0 Å². The Morgan fingerprint density at radius 2 is 1.62 bits per heavy atom. The number of fused-ring (bicyclic) bond motifs is 6. The zero-order valence-corrected chi connectivity index (χ0v) is 8.91. The molecule has 2 aliphatic rings. The summed E-state index contributed by atoms with van der Waals surface area (Å²) in [7, 11) is -3.49. The first kappa shape index (κ1) is 8.35. The van der Waals surface area contributed by atoms with E-state index in [0.29, 0.717) is 10.6 Å². The van der Waals surface area contributed by atoms with Gasteiger partial charge in [-0.05, 0) is 28.8 Å². The molecule has 78 valence electrons. The first-order valence-electron chi connectivity index (χ1n) is 4.90. The van der Waals surface area contributed by atoms with Gasteiger partial charge in [0, 0.05) is 5.56 Å². The summed E-state index contributed by atoms with van der Waals surface area (Å²) in [6, 6.07) is 11.4. The fourth-order valence-electron chi connectivity index (χ4n) is 2.37. The summed E-state index contributed by atoms with van der Waals surface area (Å²) in [5, 5.41) is 0. The van der Waals surface area contributed by atoms with Crippen molar-refractivity contribution in [2.24, 2.45) is 0 Å². The highest BCUT2D eigenvalue weighted by Gasteiger charge is 2.41. The Bertz CT molecular complexity index is 745. The van der Waals surface area contributed by atoms with Crippen molar-refractivity contribution in [1.82, 2.24) is 0 Å². The Balaban J connectivity index is 2.12. The van der Waals surface area contributed by atoms with Crippen molar-refractivity contribution in [2.75, 3.05) is 0 Å². The Morgan fingerprint density at radius 3 is 2.38 bits per heavy atom. The van der Waals surface area contributed by atoms with E-state index in [1.807, 2.05) is 30.3 Å². The monoisotopic (exact) mass is 230 g/mol. The summed E-state index contributed by atoms with van der Waals surface area (Å²) < 4.78 is 27.7. The van der Waals surface area contributed by atoms with Gasteiger partial charge in [0.15, 0.2) is 10.6 Å². The molecule has 0 unspecified atom stereocenters. The molecule has 2 aromatic carbocycles. The highest BCUT2D eigenvalue weighted by Crippen LogP contribution is 2.55. The SMILES string of the molecule is O=S1(=O)Oc2ccc3c(c21)-c1ccccc1-3. The standard InChI is InChI=1S/C12H6O3S/c13-16(14)12-10(15-16)6-5-9-7-3-1-2-4-8(7)11(9)12/h1-6H. The average Bonchev–Trinajstić information content (AvgIpc) is 2.25. The van der Waals surface area contributed by atoms with Crippen LogP contribution in [0.5, 0.6) is 5.75 Å². The maximum atomic E-state index is 11.5. The molecule has 4 rings (SSSR count). The normalized spacial score (nSPS) is 17.0. The van der Waals surface area contributed by atoms with Crippen LogP contribution in [0.2, 0.25) is 0 Å². The fraction of sp³-hybridized carbons (Fsp3) is 0. The number of hydrogen-bond donors (Lipinski definition) is 0. The Morgan fingerprint density at radius 1 is 0.875 bits per heavy atom. The molecule has 0 radical (unpaired) electrons. The third-order valence-electron chi connectivity index (χ3n) is 3.06.